The number of nitrogens with zero attached hydrogens (tertiary/aromatic N) is 1. The highest BCUT2D eigenvalue weighted by Crippen LogP contribution is 2.17. The Morgan fingerprint density at radius 2 is 1.67 bits per heavy atom. The van der Waals surface area contributed by atoms with Gasteiger partial charge in [-0.2, -0.15) is 0 Å². The van der Waals surface area contributed by atoms with E-state index < -0.39 is 6.10 Å². The normalized spacial score (nSPS) is 12.5. The summed E-state index contributed by atoms with van der Waals surface area (Å²) in [6, 6.07) is 7.35. The molecule has 0 aliphatic carbocycles. The Balaban J connectivity index is 2.34. The number of methoxy groups -OCH3 is 1. The fraction of sp³-hybridized carbons (Fsp3) is 0.571. The summed E-state index contributed by atoms with van der Waals surface area (Å²) in [4.78, 5) is 2.17. The molecule has 102 valence electrons. The van der Waals surface area contributed by atoms with E-state index in [1.54, 1.807) is 7.11 Å². The lowest BCUT2D eigenvalue weighted by atomic mass is 10.3. The van der Waals surface area contributed by atoms with Gasteiger partial charge in [0.1, 0.15) is 24.2 Å². The minimum atomic E-state index is -0.466. The van der Waals surface area contributed by atoms with Crippen LogP contribution in [0.2, 0.25) is 0 Å². The first-order valence-electron chi connectivity index (χ1n) is 6.36. The predicted octanol–water partition coefficient (Wildman–Crippen LogP) is 1.78. The Morgan fingerprint density at radius 1 is 1.11 bits per heavy atom. The predicted molar refractivity (Wildman–Crippen MR) is 72.3 cm³/mol. The topological polar surface area (TPSA) is 41.9 Å². The lowest BCUT2D eigenvalue weighted by Crippen LogP contribution is -2.35. The molecule has 0 aromatic heterocycles. The molecule has 0 saturated carbocycles. The fourth-order valence-corrected chi connectivity index (χ4v) is 1.70. The molecule has 1 unspecified atom stereocenters. The molecule has 4 nitrogen and oxygen atoms in total. The van der Waals surface area contributed by atoms with Crippen molar-refractivity contribution in [2.45, 2.75) is 20.0 Å². The second-order valence-corrected chi connectivity index (χ2v) is 4.13. The summed E-state index contributed by atoms with van der Waals surface area (Å²) < 4.78 is 10.6. The van der Waals surface area contributed by atoms with Crippen LogP contribution >= 0.6 is 0 Å². The Hall–Kier alpha value is -1.26. The second-order valence-electron chi connectivity index (χ2n) is 4.13. The van der Waals surface area contributed by atoms with Gasteiger partial charge < -0.3 is 19.5 Å². The Kier molecular flexibility index (Phi) is 6.54. The van der Waals surface area contributed by atoms with Gasteiger partial charge in [-0.3, -0.25) is 0 Å². The molecule has 0 aliphatic rings. The van der Waals surface area contributed by atoms with Gasteiger partial charge in [-0.1, -0.05) is 13.8 Å². The zero-order valence-corrected chi connectivity index (χ0v) is 11.4. The average Bonchev–Trinajstić information content (AvgIpc) is 2.43. The molecule has 0 bridgehead atoms. The van der Waals surface area contributed by atoms with Crippen LogP contribution in [0, 0.1) is 0 Å². The maximum absolute atomic E-state index is 9.85. The van der Waals surface area contributed by atoms with Crippen molar-refractivity contribution in [2.24, 2.45) is 0 Å². The molecular weight excluding hydrogens is 230 g/mol. The first-order valence-corrected chi connectivity index (χ1v) is 6.36. The number of aliphatic hydroxyl groups excluding tert-OH is 1. The zero-order chi connectivity index (χ0) is 13.4. The van der Waals surface area contributed by atoms with Gasteiger partial charge in [0.2, 0.25) is 0 Å². The summed E-state index contributed by atoms with van der Waals surface area (Å²) in [5.41, 5.74) is 0. The third kappa shape index (κ3) is 4.94. The summed E-state index contributed by atoms with van der Waals surface area (Å²) >= 11 is 0. The van der Waals surface area contributed by atoms with Gasteiger partial charge in [0.25, 0.3) is 0 Å². The van der Waals surface area contributed by atoms with Crippen molar-refractivity contribution in [3.63, 3.8) is 0 Å². The van der Waals surface area contributed by atoms with Crippen LogP contribution in [0.1, 0.15) is 13.8 Å². The van der Waals surface area contributed by atoms with Crippen LogP contribution in [0.15, 0.2) is 24.3 Å². The number of benzene rings is 1. The minimum absolute atomic E-state index is 0.308. The molecule has 1 aromatic rings. The van der Waals surface area contributed by atoms with E-state index in [9.17, 15) is 5.11 Å². The summed E-state index contributed by atoms with van der Waals surface area (Å²) in [6.45, 7) is 7.00. The summed E-state index contributed by atoms with van der Waals surface area (Å²) in [5, 5.41) is 9.85. The van der Waals surface area contributed by atoms with Crippen LogP contribution in [0.3, 0.4) is 0 Å². The molecule has 0 fully saturated rings. The number of aliphatic hydroxyl groups is 1. The third-order valence-corrected chi connectivity index (χ3v) is 2.87. The first kappa shape index (κ1) is 14.8. The van der Waals surface area contributed by atoms with Crippen molar-refractivity contribution in [3.8, 4) is 11.5 Å². The lowest BCUT2D eigenvalue weighted by Gasteiger charge is -2.21. The van der Waals surface area contributed by atoms with Crippen molar-refractivity contribution in [2.75, 3.05) is 33.4 Å². The third-order valence-electron chi connectivity index (χ3n) is 2.87. The first-order chi connectivity index (χ1) is 8.69. The number of hydrogen-bond acceptors (Lipinski definition) is 4. The van der Waals surface area contributed by atoms with Crippen molar-refractivity contribution in [1.29, 1.82) is 0 Å². The molecule has 1 atom stereocenters. The van der Waals surface area contributed by atoms with Crippen LogP contribution in [-0.4, -0.2) is 49.5 Å². The lowest BCUT2D eigenvalue weighted by molar-refractivity contribution is 0.0716. The largest absolute Gasteiger partial charge is 0.497 e. The standard InChI is InChI=1S/C14H23NO3/c1-4-15(5-2)10-12(16)11-18-14-8-6-13(17-3)7-9-14/h6-9,12,16H,4-5,10-11H2,1-3H3. The highest BCUT2D eigenvalue weighted by Gasteiger charge is 2.09. The van der Waals surface area contributed by atoms with Crippen LogP contribution in [0.4, 0.5) is 0 Å². The number of rotatable bonds is 8. The van der Waals surface area contributed by atoms with E-state index in [0.717, 1.165) is 24.6 Å². The Morgan fingerprint density at radius 3 is 2.17 bits per heavy atom. The number of likely N-dealkylation sites (N-methyl/N-ethyl adjacent to an activating group) is 1. The average molecular weight is 253 g/mol. The summed E-state index contributed by atoms with van der Waals surface area (Å²) in [6.07, 6.45) is -0.466. The van der Waals surface area contributed by atoms with E-state index in [4.69, 9.17) is 9.47 Å². The fourth-order valence-electron chi connectivity index (χ4n) is 1.70. The molecule has 18 heavy (non-hydrogen) atoms. The van der Waals surface area contributed by atoms with Crippen molar-refractivity contribution < 1.29 is 14.6 Å². The SMILES string of the molecule is CCN(CC)CC(O)COc1ccc(OC)cc1. The van der Waals surface area contributed by atoms with Crippen molar-refractivity contribution >= 4 is 0 Å². The molecule has 0 amide bonds. The second kappa shape index (κ2) is 7.95. The van der Waals surface area contributed by atoms with Crippen LogP contribution in [-0.2, 0) is 0 Å². The Labute approximate surface area is 109 Å². The number of hydrogen-bond donors (Lipinski definition) is 1. The van der Waals surface area contributed by atoms with Gasteiger partial charge in [0, 0.05) is 6.54 Å². The maximum Gasteiger partial charge on any atom is 0.119 e. The smallest absolute Gasteiger partial charge is 0.119 e. The minimum Gasteiger partial charge on any atom is -0.497 e. The molecule has 0 radical (unpaired) electrons. The van der Waals surface area contributed by atoms with Crippen molar-refractivity contribution in [3.05, 3.63) is 24.3 Å². The van der Waals surface area contributed by atoms with Gasteiger partial charge in [-0.15, -0.1) is 0 Å². The van der Waals surface area contributed by atoms with Crippen molar-refractivity contribution in [1.82, 2.24) is 4.90 Å². The van der Waals surface area contributed by atoms with Gasteiger partial charge in [0.15, 0.2) is 0 Å². The summed E-state index contributed by atoms with van der Waals surface area (Å²) in [7, 11) is 1.63. The van der Waals surface area contributed by atoms with E-state index in [1.807, 2.05) is 24.3 Å². The monoisotopic (exact) mass is 253 g/mol. The highest BCUT2D eigenvalue weighted by molar-refractivity contribution is 5.31. The highest BCUT2D eigenvalue weighted by atomic mass is 16.5. The quantitative estimate of drug-likeness (QED) is 0.767. The van der Waals surface area contributed by atoms with Gasteiger partial charge in [-0.25, -0.2) is 0 Å². The Bertz CT molecular complexity index is 322. The van der Waals surface area contributed by atoms with E-state index in [-0.39, 0.29) is 0 Å². The van der Waals surface area contributed by atoms with E-state index in [2.05, 4.69) is 18.7 Å². The molecular formula is C14H23NO3. The molecule has 0 saturated heterocycles. The van der Waals surface area contributed by atoms with Gasteiger partial charge >= 0.3 is 0 Å². The molecule has 0 spiro atoms. The molecule has 0 heterocycles. The van der Waals surface area contributed by atoms with E-state index in [1.165, 1.54) is 0 Å². The van der Waals surface area contributed by atoms with Gasteiger partial charge in [0.05, 0.1) is 7.11 Å². The molecule has 0 aliphatic heterocycles. The zero-order valence-electron chi connectivity index (χ0n) is 11.4. The summed E-state index contributed by atoms with van der Waals surface area (Å²) in [5.74, 6) is 1.54. The van der Waals surface area contributed by atoms with E-state index >= 15 is 0 Å². The molecule has 1 aromatic carbocycles. The van der Waals surface area contributed by atoms with Crippen LogP contribution < -0.4 is 9.47 Å². The van der Waals surface area contributed by atoms with Crippen LogP contribution in [0.25, 0.3) is 0 Å². The maximum atomic E-state index is 9.85. The van der Waals surface area contributed by atoms with E-state index in [0.29, 0.717) is 13.2 Å². The number of ether oxygens (including phenoxy) is 2. The molecule has 1 N–H and O–H groups in total. The van der Waals surface area contributed by atoms with Crippen LogP contribution in [0.5, 0.6) is 11.5 Å². The molecule has 1 rings (SSSR count). The van der Waals surface area contributed by atoms with Gasteiger partial charge in [-0.05, 0) is 37.4 Å². The molecule has 4 heteroatoms.